The lowest BCUT2D eigenvalue weighted by Crippen LogP contribution is -2.22. The van der Waals surface area contributed by atoms with E-state index in [1.165, 1.54) is 17.0 Å². The lowest BCUT2D eigenvalue weighted by atomic mass is 10.1. The standard InChI is InChI=1S/C19H16Cl2N4O3/c1-25-18(9-12(24-25)7-11-4-5-13(20)14(21)8-11)23-19(27)15(22)10-16(26)17-3-2-6-28-17/h2-6,8-10H,7,22H2,1H3,(H,23,27). The summed E-state index contributed by atoms with van der Waals surface area (Å²) in [4.78, 5) is 24.2. The highest BCUT2D eigenvalue weighted by Crippen LogP contribution is 2.24. The predicted octanol–water partition coefficient (Wildman–Crippen LogP) is 3.57. The fourth-order valence-corrected chi connectivity index (χ4v) is 2.79. The second-order valence-corrected chi connectivity index (χ2v) is 6.78. The van der Waals surface area contributed by atoms with E-state index in [2.05, 4.69) is 10.4 Å². The van der Waals surface area contributed by atoms with Crippen LogP contribution in [-0.2, 0) is 18.3 Å². The van der Waals surface area contributed by atoms with Gasteiger partial charge in [0, 0.05) is 25.6 Å². The first-order chi connectivity index (χ1) is 13.3. The summed E-state index contributed by atoms with van der Waals surface area (Å²) in [5.74, 6) is -0.589. The van der Waals surface area contributed by atoms with Gasteiger partial charge in [-0.2, -0.15) is 5.10 Å². The number of hydrogen-bond donors (Lipinski definition) is 2. The Balaban J connectivity index is 1.69. The number of hydrogen-bond acceptors (Lipinski definition) is 5. The highest BCUT2D eigenvalue weighted by molar-refractivity contribution is 6.42. The van der Waals surface area contributed by atoms with Crippen molar-refractivity contribution in [3.8, 4) is 0 Å². The first-order valence-corrected chi connectivity index (χ1v) is 8.92. The molecule has 28 heavy (non-hydrogen) atoms. The minimum atomic E-state index is -0.621. The molecule has 9 heteroatoms. The molecule has 2 aromatic heterocycles. The van der Waals surface area contributed by atoms with Crippen molar-refractivity contribution in [2.24, 2.45) is 12.8 Å². The van der Waals surface area contributed by atoms with Crippen LogP contribution in [-0.4, -0.2) is 21.5 Å². The van der Waals surface area contributed by atoms with E-state index in [0.29, 0.717) is 28.0 Å². The molecule has 0 bridgehead atoms. The number of aromatic nitrogens is 2. The molecule has 1 aromatic carbocycles. The highest BCUT2D eigenvalue weighted by atomic mass is 35.5. The zero-order valence-electron chi connectivity index (χ0n) is 14.8. The Kier molecular flexibility index (Phi) is 5.87. The van der Waals surface area contributed by atoms with Crippen molar-refractivity contribution in [3.05, 3.63) is 81.5 Å². The molecular formula is C19H16Cl2N4O3. The third-order valence-corrected chi connectivity index (χ3v) is 4.59. The molecule has 0 radical (unpaired) electrons. The maximum absolute atomic E-state index is 12.3. The number of anilines is 1. The maximum Gasteiger partial charge on any atom is 0.272 e. The minimum absolute atomic E-state index is 0.0974. The molecule has 3 N–H and O–H groups in total. The van der Waals surface area contributed by atoms with Gasteiger partial charge in [-0.1, -0.05) is 29.3 Å². The highest BCUT2D eigenvalue weighted by Gasteiger charge is 2.14. The quantitative estimate of drug-likeness (QED) is 0.470. The van der Waals surface area contributed by atoms with Crippen molar-refractivity contribution in [2.45, 2.75) is 6.42 Å². The Morgan fingerprint density at radius 1 is 1.25 bits per heavy atom. The van der Waals surface area contributed by atoms with Gasteiger partial charge in [0.15, 0.2) is 5.76 Å². The molecule has 144 valence electrons. The third kappa shape index (κ3) is 4.62. The number of furan rings is 1. The van der Waals surface area contributed by atoms with E-state index in [-0.39, 0.29) is 11.5 Å². The van der Waals surface area contributed by atoms with Crippen LogP contribution >= 0.6 is 23.2 Å². The molecule has 0 atom stereocenters. The number of nitrogens with zero attached hydrogens (tertiary/aromatic N) is 2. The summed E-state index contributed by atoms with van der Waals surface area (Å²) in [5, 5.41) is 7.92. The van der Waals surface area contributed by atoms with Crippen LogP contribution in [0.15, 0.2) is 58.9 Å². The first-order valence-electron chi connectivity index (χ1n) is 8.16. The molecule has 0 unspecified atom stereocenters. The Morgan fingerprint density at radius 2 is 2.04 bits per heavy atom. The summed E-state index contributed by atoms with van der Waals surface area (Å²) in [7, 11) is 1.68. The number of allylic oxidation sites excluding steroid dienone is 1. The third-order valence-electron chi connectivity index (χ3n) is 3.85. The number of nitrogens with one attached hydrogen (secondary N) is 1. The van der Waals surface area contributed by atoms with E-state index in [1.807, 2.05) is 6.07 Å². The lowest BCUT2D eigenvalue weighted by molar-refractivity contribution is -0.113. The van der Waals surface area contributed by atoms with Gasteiger partial charge in [0.1, 0.15) is 11.5 Å². The van der Waals surface area contributed by atoms with Crippen molar-refractivity contribution in [2.75, 3.05) is 5.32 Å². The Hall–Kier alpha value is -3.03. The number of aryl methyl sites for hydroxylation is 1. The summed E-state index contributed by atoms with van der Waals surface area (Å²) in [6, 6.07) is 10.1. The fourth-order valence-electron chi connectivity index (χ4n) is 2.47. The van der Waals surface area contributed by atoms with E-state index in [4.69, 9.17) is 33.4 Å². The van der Waals surface area contributed by atoms with Crippen molar-refractivity contribution in [1.82, 2.24) is 9.78 Å². The van der Waals surface area contributed by atoms with Gasteiger partial charge >= 0.3 is 0 Å². The second-order valence-electron chi connectivity index (χ2n) is 5.97. The van der Waals surface area contributed by atoms with Gasteiger partial charge in [0.25, 0.3) is 5.91 Å². The molecule has 0 aliphatic carbocycles. The fraction of sp³-hybridized carbons (Fsp3) is 0.105. The van der Waals surface area contributed by atoms with Crippen LogP contribution in [0.2, 0.25) is 10.0 Å². The summed E-state index contributed by atoms with van der Waals surface area (Å²) < 4.78 is 6.48. The topological polar surface area (TPSA) is 103 Å². The van der Waals surface area contributed by atoms with E-state index in [9.17, 15) is 9.59 Å². The summed E-state index contributed by atoms with van der Waals surface area (Å²) in [5.41, 5.74) is 7.11. The molecule has 0 aliphatic heterocycles. The second kappa shape index (κ2) is 8.33. The molecule has 0 saturated heterocycles. The number of rotatable bonds is 6. The van der Waals surface area contributed by atoms with Crippen molar-refractivity contribution >= 4 is 40.7 Å². The van der Waals surface area contributed by atoms with Gasteiger partial charge in [-0.25, -0.2) is 0 Å². The molecule has 0 fully saturated rings. The normalized spacial score (nSPS) is 11.5. The molecule has 1 amide bonds. The van der Waals surface area contributed by atoms with Crippen LogP contribution in [0.4, 0.5) is 5.82 Å². The molecule has 0 saturated carbocycles. The number of amides is 1. The van der Waals surface area contributed by atoms with E-state index < -0.39 is 11.7 Å². The first kappa shape index (κ1) is 19.7. The Labute approximate surface area is 170 Å². The lowest BCUT2D eigenvalue weighted by Gasteiger charge is -2.04. The SMILES string of the molecule is Cn1nc(Cc2ccc(Cl)c(Cl)c2)cc1NC(=O)C(N)=CC(=O)c1ccco1. The average Bonchev–Trinajstić information content (AvgIpc) is 3.29. The van der Waals surface area contributed by atoms with Gasteiger partial charge in [-0.3, -0.25) is 14.3 Å². The summed E-state index contributed by atoms with van der Waals surface area (Å²) >= 11 is 12.0. The van der Waals surface area contributed by atoms with Gasteiger partial charge in [0.05, 0.1) is 22.0 Å². The number of halogens is 2. The maximum atomic E-state index is 12.3. The molecular weight excluding hydrogens is 403 g/mol. The molecule has 3 rings (SSSR count). The average molecular weight is 419 g/mol. The Morgan fingerprint density at radius 3 is 2.71 bits per heavy atom. The minimum Gasteiger partial charge on any atom is -0.461 e. The number of nitrogens with two attached hydrogens (primary N) is 1. The van der Waals surface area contributed by atoms with Crippen LogP contribution in [0.5, 0.6) is 0 Å². The van der Waals surface area contributed by atoms with Gasteiger partial charge in [-0.15, -0.1) is 0 Å². The monoisotopic (exact) mass is 418 g/mol. The van der Waals surface area contributed by atoms with Crippen LogP contribution in [0.1, 0.15) is 21.8 Å². The number of ketones is 1. The van der Waals surface area contributed by atoms with Crippen LogP contribution < -0.4 is 11.1 Å². The van der Waals surface area contributed by atoms with Gasteiger partial charge in [0.2, 0.25) is 5.78 Å². The van der Waals surface area contributed by atoms with Crippen molar-refractivity contribution in [1.29, 1.82) is 0 Å². The molecule has 2 heterocycles. The van der Waals surface area contributed by atoms with Crippen LogP contribution in [0.3, 0.4) is 0 Å². The molecule has 0 aliphatic rings. The molecule has 7 nitrogen and oxygen atoms in total. The molecule has 3 aromatic rings. The van der Waals surface area contributed by atoms with Crippen molar-refractivity contribution in [3.63, 3.8) is 0 Å². The zero-order valence-corrected chi connectivity index (χ0v) is 16.3. The summed E-state index contributed by atoms with van der Waals surface area (Å²) in [6.07, 6.45) is 2.88. The summed E-state index contributed by atoms with van der Waals surface area (Å²) in [6.45, 7) is 0. The van der Waals surface area contributed by atoms with Gasteiger partial charge in [-0.05, 0) is 29.8 Å². The van der Waals surface area contributed by atoms with E-state index >= 15 is 0 Å². The Bertz CT molecular complexity index is 1060. The molecule has 0 spiro atoms. The predicted molar refractivity (Wildman–Crippen MR) is 106 cm³/mol. The van der Waals surface area contributed by atoms with Crippen molar-refractivity contribution < 1.29 is 14.0 Å². The zero-order chi connectivity index (χ0) is 20.3. The number of carbonyl (C=O) groups excluding carboxylic acids is 2. The largest absolute Gasteiger partial charge is 0.461 e. The number of carbonyl (C=O) groups is 2. The van der Waals surface area contributed by atoms with Crippen LogP contribution in [0.25, 0.3) is 0 Å². The van der Waals surface area contributed by atoms with E-state index in [1.54, 1.807) is 31.3 Å². The van der Waals surface area contributed by atoms with Crippen LogP contribution in [0, 0.1) is 0 Å². The van der Waals surface area contributed by atoms with E-state index in [0.717, 1.165) is 11.6 Å². The van der Waals surface area contributed by atoms with Gasteiger partial charge < -0.3 is 15.5 Å². The number of benzene rings is 1. The smallest absolute Gasteiger partial charge is 0.272 e.